The average Bonchev–Trinajstić information content (AvgIpc) is 2.22. The molecule has 0 atom stereocenters. The summed E-state index contributed by atoms with van der Waals surface area (Å²) in [5, 5.41) is 9.33. The van der Waals surface area contributed by atoms with E-state index in [1.165, 1.54) is 0 Å². The SMILES string of the molecule is COc1ccc(Cl)cc1O[C@H]1C[C@H](C(=O)O)C1. The van der Waals surface area contributed by atoms with Crippen molar-refractivity contribution in [2.75, 3.05) is 7.11 Å². The maximum atomic E-state index is 10.7. The second-order valence-corrected chi connectivity index (χ2v) is 4.48. The first-order valence-corrected chi connectivity index (χ1v) is 5.71. The van der Waals surface area contributed by atoms with E-state index in [1.54, 1.807) is 25.3 Å². The van der Waals surface area contributed by atoms with Crippen molar-refractivity contribution < 1.29 is 19.4 Å². The highest BCUT2D eigenvalue weighted by Gasteiger charge is 2.36. The molecule has 2 rings (SSSR count). The second kappa shape index (κ2) is 4.84. The lowest BCUT2D eigenvalue weighted by Crippen LogP contribution is -2.38. The minimum atomic E-state index is -0.761. The van der Waals surface area contributed by atoms with Gasteiger partial charge in [-0.2, -0.15) is 0 Å². The van der Waals surface area contributed by atoms with Crippen LogP contribution in [-0.2, 0) is 4.79 Å². The summed E-state index contributed by atoms with van der Waals surface area (Å²) in [4.78, 5) is 10.7. The monoisotopic (exact) mass is 256 g/mol. The minimum Gasteiger partial charge on any atom is -0.493 e. The summed E-state index contributed by atoms with van der Waals surface area (Å²) < 4.78 is 10.8. The molecule has 5 heteroatoms. The number of hydrogen-bond acceptors (Lipinski definition) is 3. The Morgan fingerprint density at radius 3 is 2.71 bits per heavy atom. The van der Waals surface area contributed by atoms with Crippen molar-refractivity contribution in [3.63, 3.8) is 0 Å². The Morgan fingerprint density at radius 1 is 1.41 bits per heavy atom. The first-order chi connectivity index (χ1) is 8.10. The molecule has 1 saturated carbocycles. The van der Waals surface area contributed by atoms with E-state index < -0.39 is 5.97 Å². The van der Waals surface area contributed by atoms with Crippen LogP contribution in [0.2, 0.25) is 5.02 Å². The summed E-state index contributed by atoms with van der Waals surface area (Å²) in [5.74, 6) is 0.120. The molecular weight excluding hydrogens is 244 g/mol. The van der Waals surface area contributed by atoms with E-state index in [9.17, 15) is 4.79 Å². The summed E-state index contributed by atoms with van der Waals surface area (Å²) in [6.45, 7) is 0. The predicted octanol–water partition coefficient (Wildman–Crippen LogP) is 2.59. The van der Waals surface area contributed by atoms with Crippen molar-refractivity contribution in [2.45, 2.75) is 18.9 Å². The molecule has 0 bridgehead atoms. The highest BCUT2D eigenvalue weighted by atomic mass is 35.5. The number of aliphatic carboxylic acids is 1. The zero-order valence-electron chi connectivity index (χ0n) is 9.35. The van der Waals surface area contributed by atoms with Gasteiger partial charge in [-0.1, -0.05) is 11.6 Å². The Balaban J connectivity index is 2.00. The molecule has 1 aromatic rings. The predicted molar refractivity (Wildman–Crippen MR) is 62.8 cm³/mol. The number of rotatable bonds is 4. The maximum Gasteiger partial charge on any atom is 0.306 e. The lowest BCUT2D eigenvalue weighted by Gasteiger charge is -2.32. The van der Waals surface area contributed by atoms with Crippen LogP contribution >= 0.6 is 11.6 Å². The molecular formula is C12H13ClO4. The molecule has 1 aliphatic carbocycles. The van der Waals surface area contributed by atoms with Gasteiger partial charge in [0.2, 0.25) is 0 Å². The topological polar surface area (TPSA) is 55.8 Å². The smallest absolute Gasteiger partial charge is 0.306 e. The van der Waals surface area contributed by atoms with Gasteiger partial charge in [-0.15, -0.1) is 0 Å². The van der Waals surface area contributed by atoms with Crippen molar-refractivity contribution in [2.24, 2.45) is 5.92 Å². The third kappa shape index (κ3) is 2.64. The summed E-state index contributed by atoms with van der Waals surface area (Å²) in [6, 6.07) is 5.12. The number of halogens is 1. The molecule has 0 radical (unpaired) electrons. The van der Waals surface area contributed by atoms with Crippen LogP contribution in [-0.4, -0.2) is 24.3 Å². The normalized spacial score (nSPS) is 22.7. The second-order valence-electron chi connectivity index (χ2n) is 4.04. The number of carboxylic acid groups (broad SMARTS) is 1. The number of carboxylic acids is 1. The Kier molecular flexibility index (Phi) is 3.43. The van der Waals surface area contributed by atoms with Crippen LogP contribution in [0.15, 0.2) is 18.2 Å². The zero-order valence-corrected chi connectivity index (χ0v) is 10.1. The van der Waals surface area contributed by atoms with Crippen molar-refractivity contribution in [3.8, 4) is 11.5 Å². The fourth-order valence-electron chi connectivity index (χ4n) is 1.79. The molecule has 0 spiro atoms. The lowest BCUT2D eigenvalue weighted by molar-refractivity contribution is -0.147. The van der Waals surface area contributed by atoms with Gasteiger partial charge in [-0.25, -0.2) is 0 Å². The molecule has 0 aliphatic heterocycles. The standard InChI is InChI=1S/C12H13ClO4/c1-16-10-3-2-8(13)6-11(10)17-9-4-7(5-9)12(14)15/h2-3,6-7,9H,4-5H2,1H3,(H,14,15)/t7-,9-. The van der Waals surface area contributed by atoms with Crippen LogP contribution in [0.1, 0.15) is 12.8 Å². The molecule has 1 N–H and O–H groups in total. The molecule has 1 aliphatic rings. The molecule has 0 amide bonds. The van der Waals surface area contributed by atoms with Crippen LogP contribution < -0.4 is 9.47 Å². The van der Waals surface area contributed by atoms with Crippen LogP contribution in [0.3, 0.4) is 0 Å². The highest BCUT2D eigenvalue weighted by molar-refractivity contribution is 6.30. The summed E-state index contributed by atoms with van der Waals surface area (Å²) in [7, 11) is 1.55. The molecule has 0 saturated heterocycles. The first kappa shape index (κ1) is 12.0. The fourth-order valence-corrected chi connectivity index (χ4v) is 1.95. The summed E-state index contributed by atoms with van der Waals surface area (Å²) >= 11 is 5.87. The first-order valence-electron chi connectivity index (χ1n) is 5.33. The Hall–Kier alpha value is -1.42. The van der Waals surface area contributed by atoms with E-state index in [0.29, 0.717) is 29.4 Å². The third-order valence-electron chi connectivity index (χ3n) is 2.86. The zero-order chi connectivity index (χ0) is 12.4. The van der Waals surface area contributed by atoms with E-state index in [-0.39, 0.29) is 12.0 Å². The van der Waals surface area contributed by atoms with Gasteiger partial charge in [0.1, 0.15) is 6.10 Å². The molecule has 0 unspecified atom stereocenters. The van der Waals surface area contributed by atoms with Crippen LogP contribution in [0.4, 0.5) is 0 Å². The molecule has 1 fully saturated rings. The van der Waals surface area contributed by atoms with Crippen molar-refractivity contribution in [1.82, 2.24) is 0 Å². The molecule has 1 aromatic carbocycles. The van der Waals surface area contributed by atoms with E-state index in [0.717, 1.165) is 0 Å². The number of ether oxygens (including phenoxy) is 2. The fraction of sp³-hybridized carbons (Fsp3) is 0.417. The van der Waals surface area contributed by atoms with Crippen molar-refractivity contribution in [3.05, 3.63) is 23.2 Å². The van der Waals surface area contributed by atoms with E-state index in [2.05, 4.69) is 0 Å². The molecule has 0 aromatic heterocycles. The van der Waals surface area contributed by atoms with Crippen LogP contribution in [0.5, 0.6) is 11.5 Å². The molecule has 92 valence electrons. The quantitative estimate of drug-likeness (QED) is 0.900. The van der Waals surface area contributed by atoms with Crippen molar-refractivity contribution in [1.29, 1.82) is 0 Å². The van der Waals surface area contributed by atoms with Gasteiger partial charge in [-0.05, 0) is 25.0 Å². The van der Waals surface area contributed by atoms with E-state index in [1.807, 2.05) is 0 Å². The number of methoxy groups -OCH3 is 1. The van der Waals surface area contributed by atoms with Gasteiger partial charge in [-0.3, -0.25) is 4.79 Å². The number of carbonyl (C=O) groups is 1. The maximum absolute atomic E-state index is 10.7. The molecule has 0 heterocycles. The van der Waals surface area contributed by atoms with Crippen LogP contribution in [0, 0.1) is 5.92 Å². The van der Waals surface area contributed by atoms with Crippen molar-refractivity contribution >= 4 is 17.6 Å². The Morgan fingerprint density at radius 2 is 2.12 bits per heavy atom. The van der Waals surface area contributed by atoms with E-state index in [4.69, 9.17) is 26.2 Å². The molecule has 4 nitrogen and oxygen atoms in total. The molecule has 17 heavy (non-hydrogen) atoms. The minimum absolute atomic E-state index is 0.0662. The Bertz CT molecular complexity index is 427. The Labute approximate surface area is 104 Å². The largest absolute Gasteiger partial charge is 0.493 e. The van der Waals surface area contributed by atoms with Gasteiger partial charge in [0.15, 0.2) is 11.5 Å². The summed E-state index contributed by atoms with van der Waals surface area (Å²) in [6.07, 6.45) is 0.999. The van der Waals surface area contributed by atoms with Crippen LogP contribution in [0.25, 0.3) is 0 Å². The van der Waals surface area contributed by atoms with E-state index >= 15 is 0 Å². The lowest BCUT2D eigenvalue weighted by atomic mass is 9.82. The van der Waals surface area contributed by atoms with Gasteiger partial charge < -0.3 is 14.6 Å². The highest BCUT2D eigenvalue weighted by Crippen LogP contribution is 2.36. The third-order valence-corrected chi connectivity index (χ3v) is 3.10. The van der Waals surface area contributed by atoms with Gasteiger partial charge in [0.05, 0.1) is 13.0 Å². The number of hydrogen-bond donors (Lipinski definition) is 1. The number of benzene rings is 1. The van der Waals surface area contributed by atoms with Gasteiger partial charge >= 0.3 is 5.97 Å². The average molecular weight is 257 g/mol. The van der Waals surface area contributed by atoms with Gasteiger partial charge in [0, 0.05) is 11.1 Å². The summed E-state index contributed by atoms with van der Waals surface area (Å²) in [5.41, 5.74) is 0. The van der Waals surface area contributed by atoms with Gasteiger partial charge in [0.25, 0.3) is 0 Å².